The van der Waals surface area contributed by atoms with Gasteiger partial charge in [0, 0.05) is 29.1 Å². The average molecular weight is 648 g/mol. The second-order valence-electron chi connectivity index (χ2n) is 12.6. The van der Waals surface area contributed by atoms with Gasteiger partial charge in [-0.2, -0.15) is 4.57 Å². The molecular weight excluding hydrogens is 605 g/mol. The first-order valence-corrected chi connectivity index (χ1v) is 18.8. The molecular formula is C43H42N3OP+2. The maximum Gasteiger partial charge on any atom is 0.220 e. The van der Waals surface area contributed by atoms with Gasteiger partial charge in [0.25, 0.3) is 0 Å². The van der Waals surface area contributed by atoms with Crippen molar-refractivity contribution in [2.24, 2.45) is 0 Å². The number of phenols is 1. The molecule has 0 fully saturated rings. The highest BCUT2D eigenvalue weighted by Gasteiger charge is 2.44. The third-order valence-electron chi connectivity index (χ3n) is 9.56. The Morgan fingerprint density at radius 2 is 1.06 bits per heavy atom. The van der Waals surface area contributed by atoms with Crippen LogP contribution < -0.4 is 31.9 Å². The van der Waals surface area contributed by atoms with E-state index >= 15 is 0 Å². The first-order chi connectivity index (χ1) is 23.6. The highest BCUT2D eigenvalue weighted by molar-refractivity contribution is 7.95. The van der Waals surface area contributed by atoms with Crippen LogP contribution in [0, 0.1) is 0 Å². The Bertz CT molecular complexity index is 2060. The van der Waals surface area contributed by atoms with Crippen LogP contribution in [0.15, 0.2) is 152 Å². The SMILES string of the molecule is Nc1ccc2c3cc(O)c(N)cc3c(-c3ccccc3)[n+](CCCCCC[P+](c3ccccc3)(c3ccccc3)c3ccccc3)c2c1. The molecule has 0 saturated heterocycles. The lowest BCUT2D eigenvalue weighted by atomic mass is 9.97. The summed E-state index contributed by atoms with van der Waals surface area (Å²) < 4.78 is 2.41. The molecule has 7 aromatic rings. The molecule has 0 unspecified atom stereocenters. The molecule has 1 heterocycles. The largest absolute Gasteiger partial charge is 0.506 e. The normalized spacial score (nSPS) is 11.7. The number of anilines is 2. The number of hydrogen-bond donors (Lipinski definition) is 3. The first kappa shape index (κ1) is 31.4. The lowest BCUT2D eigenvalue weighted by molar-refractivity contribution is -0.659. The maximum atomic E-state index is 10.6. The van der Waals surface area contributed by atoms with Gasteiger partial charge in [-0.05, 0) is 92.1 Å². The number of nitrogens with two attached hydrogens (primary N) is 2. The van der Waals surface area contributed by atoms with Crippen molar-refractivity contribution in [2.75, 3.05) is 17.6 Å². The van der Waals surface area contributed by atoms with Gasteiger partial charge in [-0.25, -0.2) is 0 Å². The average Bonchev–Trinajstić information content (AvgIpc) is 3.13. The molecule has 4 nitrogen and oxygen atoms in total. The number of fused-ring (bicyclic) bond motifs is 3. The molecule has 0 amide bonds. The number of pyridine rings is 1. The van der Waals surface area contributed by atoms with Crippen molar-refractivity contribution in [1.82, 2.24) is 0 Å². The van der Waals surface area contributed by atoms with E-state index in [1.165, 1.54) is 15.9 Å². The molecule has 0 radical (unpaired) electrons. The molecule has 6 aromatic carbocycles. The van der Waals surface area contributed by atoms with Gasteiger partial charge in [0.15, 0.2) is 0 Å². The van der Waals surface area contributed by atoms with Crippen molar-refractivity contribution in [1.29, 1.82) is 0 Å². The molecule has 7 rings (SSSR count). The summed E-state index contributed by atoms with van der Waals surface area (Å²) in [6, 6.07) is 53.7. The minimum atomic E-state index is -1.83. The highest BCUT2D eigenvalue weighted by atomic mass is 31.2. The zero-order valence-electron chi connectivity index (χ0n) is 27.2. The van der Waals surface area contributed by atoms with Crippen molar-refractivity contribution < 1.29 is 9.67 Å². The molecule has 0 spiro atoms. The summed E-state index contributed by atoms with van der Waals surface area (Å²) in [6.45, 7) is 0.844. The molecule has 0 aliphatic rings. The number of nitrogen functional groups attached to an aromatic ring is 2. The molecule has 0 aliphatic carbocycles. The number of aryl methyl sites for hydroxylation is 1. The predicted molar refractivity (Wildman–Crippen MR) is 206 cm³/mol. The quantitative estimate of drug-likeness (QED) is 0.0330. The minimum absolute atomic E-state index is 0.0952. The predicted octanol–water partition coefficient (Wildman–Crippen LogP) is 8.37. The van der Waals surface area contributed by atoms with Gasteiger partial charge in [0.05, 0.1) is 22.6 Å². The second kappa shape index (κ2) is 13.9. The zero-order chi connectivity index (χ0) is 32.9. The van der Waals surface area contributed by atoms with Crippen LogP contribution in [0.1, 0.15) is 25.7 Å². The van der Waals surface area contributed by atoms with Crippen molar-refractivity contribution in [3.8, 4) is 17.0 Å². The fourth-order valence-electron chi connectivity index (χ4n) is 7.28. The fraction of sp³-hybridized carbons (Fsp3) is 0.140. The zero-order valence-corrected chi connectivity index (χ0v) is 28.1. The molecule has 1 aromatic heterocycles. The van der Waals surface area contributed by atoms with Gasteiger partial charge in [-0.1, -0.05) is 72.8 Å². The van der Waals surface area contributed by atoms with E-state index in [0.29, 0.717) is 5.69 Å². The summed E-state index contributed by atoms with van der Waals surface area (Å²) in [5, 5.41) is 18.0. The van der Waals surface area contributed by atoms with E-state index in [4.69, 9.17) is 11.5 Å². The standard InChI is InChI=1S/C43H40N3OP/c44-33-25-26-37-38-31-42(47)40(45)30-39(38)43(32-17-7-3-8-18-32)46(41(37)29-33)27-15-1-2-16-28-48(34-19-9-4-10-20-34,35-21-11-5-12-22-35)36-23-13-6-14-24-36/h3-14,17-26,29-31H,1-2,15-16,27-28,45H2,(H-,44,47)/p+2. The summed E-state index contributed by atoms with van der Waals surface area (Å²) in [5.41, 5.74) is 17.0. The van der Waals surface area contributed by atoms with Crippen molar-refractivity contribution in [3.05, 3.63) is 152 Å². The summed E-state index contributed by atoms with van der Waals surface area (Å²) in [7, 11) is -1.83. The van der Waals surface area contributed by atoms with E-state index in [1.54, 1.807) is 6.07 Å². The number of rotatable bonds is 11. The molecule has 5 heteroatoms. The monoisotopic (exact) mass is 647 g/mol. The van der Waals surface area contributed by atoms with Crippen molar-refractivity contribution >= 4 is 56.2 Å². The summed E-state index contributed by atoms with van der Waals surface area (Å²) in [5.74, 6) is 0.0952. The van der Waals surface area contributed by atoms with Gasteiger partial charge >= 0.3 is 0 Å². The van der Waals surface area contributed by atoms with Crippen molar-refractivity contribution in [2.45, 2.75) is 32.2 Å². The first-order valence-electron chi connectivity index (χ1n) is 16.8. The highest BCUT2D eigenvalue weighted by Crippen LogP contribution is 2.56. The van der Waals surface area contributed by atoms with E-state index in [9.17, 15) is 5.11 Å². The molecule has 48 heavy (non-hydrogen) atoms. The Labute approximate surface area is 283 Å². The van der Waals surface area contributed by atoms with E-state index < -0.39 is 7.26 Å². The van der Waals surface area contributed by atoms with Crippen LogP contribution in [-0.2, 0) is 6.54 Å². The molecule has 238 valence electrons. The van der Waals surface area contributed by atoms with Gasteiger partial charge in [0.2, 0.25) is 11.2 Å². The van der Waals surface area contributed by atoms with Crippen LogP contribution in [0.3, 0.4) is 0 Å². The molecule has 0 saturated carbocycles. The molecule has 5 N–H and O–H groups in total. The number of hydrogen-bond acceptors (Lipinski definition) is 3. The molecule has 0 bridgehead atoms. The van der Waals surface area contributed by atoms with E-state index in [2.05, 4.69) is 132 Å². The summed E-state index contributed by atoms with van der Waals surface area (Å²) >= 11 is 0. The molecule has 0 atom stereocenters. The number of benzene rings is 6. The lowest BCUT2D eigenvalue weighted by Crippen LogP contribution is -2.38. The van der Waals surface area contributed by atoms with Gasteiger partial charge in [0.1, 0.15) is 35.5 Å². The third kappa shape index (κ3) is 6.01. The number of phenolic OH excluding ortho intramolecular Hbond substituents is 1. The fourth-order valence-corrected chi connectivity index (χ4v) is 11.7. The summed E-state index contributed by atoms with van der Waals surface area (Å²) in [4.78, 5) is 0. The van der Waals surface area contributed by atoms with Crippen LogP contribution >= 0.6 is 7.26 Å². The Hall–Kier alpha value is -5.18. The summed E-state index contributed by atoms with van der Waals surface area (Å²) in [6.07, 6.45) is 5.56. The number of unbranched alkanes of at least 4 members (excludes halogenated alkanes) is 3. The minimum Gasteiger partial charge on any atom is -0.506 e. The van der Waals surface area contributed by atoms with Gasteiger partial charge in [-0.15, -0.1) is 0 Å². The smallest absolute Gasteiger partial charge is 0.220 e. The van der Waals surface area contributed by atoms with E-state index in [0.717, 1.165) is 77.0 Å². The van der Waals surface area contributed by atoms with Crippen LogP contribution in [0.4, 0.5) is 11.4 Å². The molecule has 0 aliphatic heterocycles. The van der Waals surface area contributed by atoms with Crippen LogP contribution in [-0.4, -0.2) is 11.3 Å². The van der Waals surface area contributed by atoms with Crippen LogP contribution in [0.25, 0.3) is 32.9 Å². The third-order valence-corrected chi connectivity index (χ3v) is 14.1. The Balaban J connectivity index is 1.19. The topological polar surface area (TPSA) is 76.1 Å². The number of aromatic hydroxyl groups is 1. The number of aromatic nitrogens is 1. The van der Waals surface area contributed by atoms with E-state index in [-0.39, 0.29) is 5.75 Å². The Kier molecular flexibility index (Phi) is 9.09. The lowest BCUT2D eigenvalue weighted by Gasteiger charge is -2.27. The van der Waals surface area contributed by atoms with Crippen LogP contribution in [0.5, 0.6) is 5.75 Å². The Morgan fingerprint density at radius 1 is 0.521 bits per heavy atom. The van der Waals surface area contributed by atoms with Crippen molar-refractivity contribution in [3.63, 3.8) is 0 Å². The Morgan fingerprint density at radius 3 is 1.65 bits per heavy atom. The number of nitrogens with zero attached hydrogens (tertiary/aromatic N) is 1. The van der Waals surface area contributed by atoms with E-state index in [1.807, 2.05) is 18.2 Å². The van der Waals surface area contributed by atoms with Gasteiger partial charge in [-0.3, -0.25) is 0 Å². The maximum absolute atomic E-state index is 10.6. The van der Waals surface area contributed by atoms with Gasteiger partial charge < -0.3 is 16.6 Å². The van der Waals surface area contributed by atoms with Crippen LogP contribution in [0.2, 0.25) is 0 Å². The second-order valence-corrected chi connectivity index (χ2v) is 16.2.